The third-order valence-corrected chi connectivity index (χ3v) is 5.03. The van der Waals surface area contributed by atoms with Crippen LogP contribution in [-0.4, -0.2) is 7.11 Å². The third kappa shape index (κ3) is 2.48. The van der Waals surface area contributed by atoms with Crippen molar-refractivity contribution >= 4 is 45.9 Å². The van der Waals surface area contributed by atoms with Crippen molar-refractivity contribution in [3.63, 3.8) is 0 Å². The monoisotopic (exact) mass is 278 g/mol. The lowest BCUT2D eigenvalue weighted by Crippen LogP contribution is -1.84. The first-order valence-electron chi connectivity index (χ1n) is 4.23. The van der Waals surface area contributed by atoms with E-state index < -0.39 is 0 Å². The molecule has 0 amide bonds. The normalized spacial score (nSPS) is 12.7. The molecule has 1 atom stereocenters. The first-order chi connectivity index (χ1) is 7.20. The van der Waals surface area contributed by atoms with Crippen molar-refractivity contribution in [3.05, 3.63) is 38.4 Å². The molecule has 2 heterocycles. The van der Waals surface area contributed by atoms with Crippen molar-refractivity contribution in [2.24, 2.45) is 0 Å². The molecule has 2 aromatic heterocycles. The summed E-state index contributed by atoms with van der Waals surface area (Å²) in [7, 11) is 1.65. The predicted octanol–water partition coefficient (Wildman–Crippen LogP) is 4.80. The minimum Gasteiger partial charge on any atom is -0.487 e. The van der Waals surface area contributed by atoms with Crippen LogP contribution in [0.3, 0.4) is 0 Å². The Kier molecular flexibility index (Phi) is 3.57. The van der Waals surface area contributed by atoms with Gasteiger partial charge in [0, 0.05) is 9.75 Å². The maximum absolute atomic E-state index is 6.32. The smallest absolute Gasteiger partial charge is 0.173 e. The van der Waals surface area contributed by atoms with Crippen molar-refractivity contribution in [1.29, 1.82) is 0 Å². The number of thiophene rings is 2. The summed E-state index contributed by atoms with van der Waals surface area (Å²) in [6.45, 7) is 0. The first kappa shape index (κ1) is 11.3. The van der Waals surface area contributed by atoms with Gasteiger partial charge in [0.2, 0.25) is 0 Å². The molecule has 2 aromatic rings. The van der Waals surface area contributed by atoms with E-state index in [1.54, 1.807) is 18.4 Å². The Hall–Kier alpha value is -0.220. The Balaban J connectivity index is 2.23. The average Bonchev–Trinajstić information content (AvgIpc) is 2.84. The van der Waals surface area contributed by atoms with E-state index in [1.807, 2.05) is 24.3 Å². The molecule has 0 saturated carbocycles. The van der Waals surface area contributed by atoms with Gasteiger partial charge in [0.15, 0.2) is 5.06 Å². The zero-order valence-electron chi connectivity index (χ0n) is 7.87. The van der Waals surface area contributed by atoms with E-state index in [-0.39, 0.29) is 5.38 Å². The standard InChI is InChI=1S/C10H8Cl2OS2/c1-13-9-5-3-7(15-9)10(12)6-2-4-8(11)14-6/h2-5,10H,1H3. The largest absolute Gasteiger partial charge is 0.487 e. The Morgan fingerprint density at radius 3 is 2.33 bits per heavy atom. The van der Waals surface area contributed by atoms with Crippen LogP contribution >= 0.6 is 45.9 Å². The van der Waals surface area contributed by atoms with Crippen LogP contribution in [0.15, 0.2) is 24.3 Å². The molecule has 1 unspecified atom stereocenters. The molecule has 15 heavy (non-hydrogen) atoms. The van der Waals surface area contributed by atoms with Crippen molar-refractivity contribution < 1.29 is 4.74 Å². The maximum Gasteiger partial charge on any atom is 0.173 e. The highest BCUT2D eigenvalue weighted by Crippen LogP contribution is 2.40. The quantitative estimate of drug-likeness (QED) is 0.733. The zero-order valence-corrected chi connectivity index (χ0v) is 11.0. The first-order valence-corrected chi connectivity index (χ1v) is 6.68. The summed E-state index contributed by atoms with van der Waals surface area (Å²) in [4.78, 5) is 2.14. The Bertz CT molecular complexity index is 450. The fourth-order valence-corrected chi connectivity index (χ4v) is 3.55. The molecule has 0 aliphatic rings. The summed E-state index contributed by atoms with van der Waals surface area (Å²) in [6, 6.07) is 7.72. The van der Waals surface area contributed by atoms with Crippen LogP contribution in [0.25, 0.3) is 0 Å². The molecule has 0 aliphatic heterocycles. The lowest BCUT2D eigenvalue weighted by Gasteiger charge is -2.02. The number of halogens is 2. The summed E-state index contributed by atoms with van der Waals surface area (Å²) in [5.41, 5.74) is 0. The summed E-state index contributed by atoms with van der Waals surface area (Å²) >= 11 is 15.2. The number of methoxy groups -OCH3 is 1. The number of hydrogen-bond acceptors (Lipinski definition) is 3. The number of alkyl halides is 1. The zero-order chi connectivity index (χ0) is 10.8. The lowest BCUT2D eigenvalue weighted by molar-refractivity contribution is 0.427. The van der Waals surface area contributed by atoms with E-state index in [4.69, 9.17) is 27.9 Å². The molecule has 0 aliphatic carbocycles. The highest BCUT2D eigenvalue weighted by Gasteiger charge is 2.15. The molecule has 0 N–H and O–H groups in total. The molecule has 80 valence electrons. The van der Waals surface area contributed by atoms with Crippen molar-refractivity contribution in [1.82, 2.24) is 0 Å². The SMILES string of the molecule is COc1ccc(C(Cl)c2ccc(Cl)s2)s1. The van der Waals surface area contributed by atoms with Crippen molar-refractivity contribution in [2.75, 3.05) is 7.11 Å². The van der Waals surface area contributed by atoms with Crippen LogP contribution < -0.4 is 4.74 Å². The van der Waals surface area contributed by atoms with Crippen LogP contribution in [0.2, 0.25) is 4.34 Å². The fourth-order valence-electron chi connectivity index (χ4n) is 1.18. The van der Waals surface area contributed by atoms with Gasteiger partial charge in [-0.15, -0.1) is 34.3 Å². The molecule has 2 rings (SSSR count). The highest BCUT2D eigenvalue weighted by atomic mass is 35.5. The second kappa shape index (κ2) is 4.74. The van der Waals surface area contributed by atoms with Gasteiger partial charge in [-0.05, 0) is 24.3 Å². The Morgan fingerprint density at radius 1 is 1.13 bits per heavy atom. The van der Waals surface area contributed by atoms with Gasteiger partial charge in [0.1, 0.15) is 5.38 Å². The van der Waals surface area contributed by atoms with Gasteiger partial charge in [0.25, 0.3) is 0 Å². The second-order valence-corrected chi connectivity index (χ2v) is 6.13. The average molecular weight is 279 g/mol. The van der Waals surface area contributed by atoms with E-state index >= 15 is 0 Å². The number of hydrogen-bond donors (Lipinski definition) is 0. The van der Waals surface area contributed by atoms with E-state index in [9.17, 15) is 0 Å². The predicted molar refractivity (Wildman–Crippen MR) is 67.9 cm³/mol. The van der Waals surface area contributed by atoms with Crippen LogP contribution in [-0.2, 0) is 0 Å². The van der Waals surface area contributed by atoms with Gasteiger partial charge in [-0.3, -0.25) is 0 Å². The van der Waals surface area contributed by atoms with E-state index in [1.165, 1.54) is 11.3 Å². The van der Waals surface area contributed by atoms with E-state index in [0.717, 1.165) is 19.2 Å². The fraction of sp³-hybridized carbons (Fsp3) is 0.200. The van der Waals surface area contributed by atoms with Gasteiger partial charge in [-0.25, -0.2) is 0 Å². The molecule has 0 saturated heterocycles. The van der Waals surface area contributed by atoms with E-state index in [0.29, 0.717) is 0 Å². The Morgan fingerprint density at radius 2 is 1.80 bits per heavy atom. The summed E-state index contributed by atoms with van der Waals surface area (Å²) < 4.78 is 5.89. The van der Waals surface area contributed by atoms with Gasteiger partial charge >= 0.3 is 0 Å². The topological polar surface area (TPSA) is 9.23 Å². The van der Waals surface area contributed by atoms with Gasteiger partial charge in [-0.1, -0.05) is 11.6 Å². The molecular formula is C10H8Cl2OS2. The molecule has 0 fully saturated rings. The van der Waals surface area contributed by atoms with Gasteiger partial charge in [-0.2, -0.15) is 0 Å². The maximum atomic E-state index is 6.32. The van der Waals surface area contributed by atoms with Crippen LogP contribution in [0.5, 0.6) is 5.06 Å². The molecule has 0 spiro atoms. The molecule has 1 nitrogen and oxygen atoms in total. The molecule has 5 heteroatoms. The highest BCUT2D eigenvalue weighted by molar-refractivity contribution is 7.17. The second-order valence-electron chi connectivity index (χ2n) is 2.87. The molecule has 0 bridgehead atoms. The van der Waals surface area contributed by atoms with Crippen molar-refractivity contribution in [3.8, 4) is 5.06 Å². The molecular weight excluding hydrogens is 271 g/mol. The van der Waals surface area contributed by atoms with Crippen LogP contribution in [0.4, 0.5) is 0 Å². The summed E-state index contributed by atoms with van der Waals surface area (Å²) in [6.07, 6.45) is 0. The number of ether oxygens (including phenoxy) is 1. The van der Waals surface area contributed by atoms with Crippen molar-refractivity contribution in [2.45, 2.75) is 5.38 Å². The number of rotatable bonds is 3. The van der Waals surface area contributed by atoms with Crippen LogP contribution in [0.1, 0.15) is 15.1 Å². The van der Waals surface area contributed by atoms with Gasteiger partial charge in [0.05, 0.1) is 11.4 Å². The summed E-state index contributed by atoms with van der Waals surface area (Å²) in [5.74, 6) is 0. The van der Waals surface area contributed by atoms with Crippen LogP contribution in [0, 0.1) is 0 Å². The molecule has 0 radical (unpaired) electrons. The van der Waals surface area contributed by atoms with E-state index in [2.05, 4.69) is 0 Å². The minimum absolute atomic E-state index is 0.128. The lowest BCUT2D eigenvalue weighted by atomic mass is 10.3. The van der Waals surface area contributed by atoms with Gasteiger partial charge < -0.3 is 4.74 Å². The Labute approximate surface area is 106 Å². The third-order valence-electron chi connectivity index (χ3n) is 1.90. The summed E-state index contributed by atoms with van der Waals surface area (Å²) in [5, 5.41) is 0.745. The molecule has 0 aromatic carbocycles. The minimum atomic E-state index is -0.128.